The summed E-state index contributed by atoms with van der Waals surface area (Å²) in [5.41, 5.74) is 0.985. The van der Waals surface area contributed by atoms with Crippen molar-refractivity contribution >= 4 is 31.9 Å². The summed E-state index contributed by atoms with van der Waals surface area (Å²) in [6.07, 6.45) is 0. The van der Waals surface area contributed by atoms with E-state index in [0.717, 1.165) is 5.56 Å². The Labute approximate surface area is 128 Å². The third-order valence-electron chi connectivity index (χ3n) is 2.52. The lowest BCUT2D eigenvalue weighted by atomic mass is 10.2. The standard InChI is InChI=1S/C13H19BrN2O3S/c1-10(2)8-15-13(17)9-16-20(18,19)12-5-3-11(7-14)4-6-12/h3-6,10,16H,7-9H2,1-2H3,(H,15,17). The maximum absolute atomic E-state index is 12.0. The Morgan fingerprint density at radius 1 is 1.25 bits per heavy atom. The highest BCUT2D eigenvalue weighted by Gasteiger charge is 2.15. The Morgan fingerprint density at radius 3 is 2.35 bits per heavy atom. The Kier molecular flexibility index (Phi) is 6.64. The summed E-state index contributed by atoms with van der Waals surface area (Å²) in [6.45, 7) is 4.21. The van der Waals surface area contributed by atoms with Gasteiger partial charge in [0.15, 0.2) is 0 Å². The highest BCUT2D eigenvalue weighted by molar-refractivity contribution is 9.08. The van der Waals surface area contributed by atoms with Crippen LogP contribution in [0.1, 0.15) is 19.4 Å². The van der Waals surface area contributed by atoms with Crippen molar-refractivity contribution in [2.24, 2.45) is 5.92 Å². The van der Waals surface area contributed by atoms with Crippen molar-refractivity contribution in [1.29, 1.82) is 0 Å². The number of amides is 1. The molecule has 1 amide bonds. The minimum absolute atomic E-state index is 0.152. The molecule has 0 aromatic heterocycles. The van der Waals surface area contributed by atoms with Crippen LogP contribution < -0.4 is 10.0 Å². The summed E-state index contributed by atoms with van der Waals surface area (Å²) >= 11 is 3.29. The molecule has 20 heavy (non-hydrogen) atoms. The first-order valence-electron chi connectivity index (χ1n) is 6.26. The van der Waals surface area contributed by atoms with Crippen LogP contribution in [-0.4, -0.2) is 27.4 Å². The second-order valence-electron chi connectivity index (χ2n) is 4.80. The van der Waals surface area contributed by atoms with Gasteiger partial charge < -0.3 is 5.32 Å². The third kappa shape index (κ3) is 5.60. The topological polar surface area (TPSA) is 75.3 Å². The van der Waals surface area contributed by atoms with Crippen molar-refractivity contribution in [3.8, 4) is 0 Å². The monoisotopic (exact) mass is 362 g/mol. The van der Waals surface area contributed by atoms with Crippen molar-refractivity contribution in [3.63, 3.8) is 0 Å². The molecule has 1 aromatic carbocycles. The molecule has 0 aliphatic rings. The zero-order chi connectivity index (χ0) is 15.2. The predicted molar refractivity (Wildman–Crippen MR) is 82.1 cm³/mol. The molecular formula is C13H19BrN2O3S. The summed E-state index contributed by atoms with van der Waals surface area (Å²) in [5.74, 6) is -0.00768. The lowest BCUT2D eigenvalue weighted by Crippen LogP contribution is -2.38. The van der Waals surface area contributed by atoms with Gasteiger partial charge in [0, 0.05) is 11.9 Å². The van der Waals surface area contributed by atoms with Crippen LogP contribution in [0.5, 0.6) is 0 Å². The fraction of sp³-hybridized carbons (Fsp3) is 0.462. The van der Waals surface area contributed by atoms with E-state index in [0.29, 0.717) is 17.8 Å². The molecule has 0 saturated carbocycles. The average molecular weight is 363 g/mol. The van der Waals surface area contributed by atoms with Gasteiger partial charge in [-0.15, -0.1) is 0 Å². The van der Waals surface area contributed by atoms with Crippen LogP contribution in [0.3, 0.4) is 0 Å². The van der Waals surface area contributed by atoms with E-state index >= 15 is 0 Å². The average Bonchev–Trinajstić information content (AvgIpc) is 2.43. The van der Waals surface area contributed by atoms with Crippen molar-refractivity contribution in [2.45, 2.75) is 24.1 Å². The lowest BCUT2D eigenvalue weighted by Gasteiger charge is -2.09. The smallest absolute Gasteiger partial charge is 0.241 e. The van der Waals surface area contributed by atoms with Crippen LogP contribution in [0.4, 0.5) is 0 Å². The predicted octanol–water partition coefficient (Wildman–Crippen LogP) is 1.63. The number of benzene rings is 1. The lowest BCUT2D eigenvalue weighted by molar-refractivity contribution is -0.120. The van der Waals surface area contributed by atoms with Gasteiger partial charge in [-0.3, -0.25) is 4.79 Å². The SMILES string of the molecule is CC(C)CNC(=O)CNS(=O)(=O)c1ccc(CBr)cc1. The number of carbonyl (C=O) groups excluding carboxylic acids is 1. The second-order valence-corrected chi connectivity index (χ2v) is 7.13. The van der Waals surface area contributed by atoms with Crippen LogP contribution in [0, 0.1) is 5.92 Å². The normalized spacial score (nSPS) is 11.6. The third-order valence-corrected chi connectivity index (χ3v) is 4.58. The van der Waals surface area contributed by atoms with E-state index in [2.05, 4.69) is 26.0 Å². The number of carbonyl (C=O) groups is 1. The van der Waals surface area contributed by atoms with E-state index in [4.69, 9.17) is 0 Å². The highest BCUT2D eigenvalue weighted by atomic mass is 79.9. The molecular weight excluding hydrogens is 344 g/mol. The summed E-state index contributed by atoms with van der Waals surface area (Å²) < 4.78 is 26.2. The Hall–Kier alpha value is -0.920. The Bertz CT molecular complexity index is 541. The van der Waals surface area contributed by atoms with Gasteiger partial charge >= 0.3 is 0 Å². The first kappa shape index (κ1) is 17.1. The number of sulfonamides is 1. The molecule has 0 aliphatic carbocycles. The van der Waals surface area contributed by atoms with Crippen LogP contribution in [-0.2, 0) is 20.1 Å². The van der Waals surface area contributed by atoms with Gasteiger partial charge in [0.05, 0.1) is 11.4 Å². The minimum Gasteiger partial charge on any atom is -0.355 e. The molecule has 0 heterocycles. The Balaban J connectivity index is 2.58. The largest absolute Gasteiger partial charge is 0.355 e. The molecule has 0 fully saturated rings. The molecule has 0 saturated heterocycles. The molecule has 7 heteroatoms. The molecule has 0 aliphatic heterocycles. The van der Waals surface area contributed by atoms with Crippen LogP contribution in [0.2, 0.25) is 0 Å². The zero-order valence-corrected chi connectivity index (χ0v) is 13.9. The highest BCUT2D eigenvalue weighted by Crippen LogP contribution is 2.12. The van der Waals surface area contributed by atoms with Gasteiger partial charge in [0.1, 0.15) is 0 Å². The molecule has 0 spiro atoms. The fourth-order valence-corrected chi connectivity index (χ4v) is 2.74. The maximum Gasteiger partial charge on any atom is 0.241 e. The number of rotatable bonds is 7. The van der Waals surface area contributed by atoms with Crippen molar-refractivity contribution in [1.82, 2.24) is 10.0 Å². The molecule has 5 nitrogen and oxygen atoms in total. The van der Waals surface area contributed by atoms with Gasteiger partial charge in [0.25, 0.3) is 0 Å². The van der Waals surface area contributed by atoms with E-state index in [-0.39, 0.29) is 17.3 Å². The van der Waals surface area contributed by atoms with Crippen LogP contribution in [0.25, 0.3) is 0 Å². The van der Waals surface area contributed by atoms with E-state index < -0.39 is 10.0 Å². The quantitative estimate of drug-likeness (QED) is 0.723. The second kappa shape index (κ2) is 7.75. The first-order chi connectivity index (χ1) is 9.35. The summed E-state index contributed by atoms with van der Waals surface area (Å²) in [6, 6.07) is 6.49. The van der Waals surface area contributed by atoms with Crippen molar-refractivity contribution in [2.75, 3.05) is 13.1 Å². The number of hydrogen-bond donors (Lipinski definition) is 2. The molecule has 0 bridgehead atoms. The summed E-state index contributed by atoms with van der Waals surface area (Å²) in [7, 11) is -3.65. The number of alkyl halides is 1. The molecule has 0 unspecified atom stereocenters. The van der Waals surface area contributed by atoms with Crippen molar-refractivity contribution in [3.05, 3.63) is 29.8 Å². The van der Waals surface area contributed by atoms with Gasteiger partial charge in [-0.25, -0.2) is 13.1 Å². The van der Waals surface area contributed by atoms with Crippen LogP contribution in [0.15, 0.2) is 29.2 Å². The first-order valence-corrected chi connectivity index (χ1v) is 8.87. The molecule has 1 rings (SSSR count). The van der Waals surface area contributed by atoms with E-state index in [1.54, 1.807) is 12.1 Å². The molecule has 0 atom stereocenters. The van der Waals surface area contributed by atoms with Crippen LogP contribution >= 0.6 is 15.9 Å². The number of nitrogens with one attached hydrogen (secondary N) is 2. The van der Waals surface area contributed by atoms with Gasteiger partial charge in [0.2, 0.25) is 15.9 Å². The summed E-state index contributed by atoms with van der Waals surface area (Å²) in [5, 5.41) is 3.32. The molecule has 112 valence electrons. The molecule has 1 aromatic rings. The molecule has 2 N–H and O–H groups in total. The summed E-state index contributed by atoms with van der Waals surface area (Å²) in [4.78, 5) is 11.6. The minimum atomic E-state index is -3.65. The Morgan fingerprint density at radius 2 is 1.85 bits per heavy atom. The van der Waals surface area contributed by atoms with E-state index in [1.165, 1.54) is 12.1 Å². The number of hydrogen-bond acceptors (Lipinski definition) is 3. The van der Waals surface area contributed by atoms with E-state index in [9.17, 15) is 13.2 Å². The van der Waals surface area contributed by atoms with Gasteiger partial charge in [-0.1, -0.05) is 41.9 Å². The fourth-order valence-electron chi connectivity index (χ4n) is 1.38. The van der Waals surface area contributed by atoms with Crippen molar-refractivity contribution < 1.29 is 13.2 Å². The maximum atomic E-state index is 12.0. The molecule has 0 radical (unpaired) electrons. The number of halogens is 1. The zero-order valence-electron chi connectivity index (χ0n) is 11.5. The van der Waals surface area contributed by atoms with Gasteiger partial charge in [-0.05, 0) is 23.6 Å². The van der Waals surface area contributed by atoms with Gasteiger partial charge in [-0.2, -0.15) is 0 Å². The van der Waals surface area contributed by atoms with E-state index in [1.807, 2.05) is 13.8 Å².